The van der Waals surface area contributed by atoms with Crippen molar-refractivity contribution in [3.8, 4) is 0 Å². The average Bonchev–Trinajstić information content (AvgIpc) is 3.37. The Morgan fingerprint density at radius 3 is 1.38 bits per heavy atom. The molecular weight excluding hydrogens is 1100 g/mol. The molecule has 0 radical (unpaired) electrons. The maximum absolute atomic E-state index is 12.6. The van der Waals surface area contributed by atoms with Crippen LogP contribution in [0.25, 0.3) is 0 Å². The Bertz CT molecular complexity index is 1800. The molecule has 0 bridgehead atoms. The minimum Gasteiger partial charge on any atom is -0.475 e. The van der Waals surface area contributed by atoms with Crippen LogP contribution < -0.4 is 21.3 Å². The highest BCUT2D eigenvalue weighted by Gasteiger charge is 2.38. The maximum Gasteiger partial charge on any atom is 0.490 e. The zero-order valence-corrected chi connectivity index (χ0v) is 49.8. The Morgan fingerprint density at radius 2 is 0.938 bits per heavy atom. The molecule has 0 aromatic carbocycles. The molecule has 0 aromatic heterocycles. The van der Waals surface area contributed by atoms with Gasteiger partial charge in [-0.25, -0.2) is 4.79 Å². The van der Waals surface area contributed by atoms with Gasteiger partial charge in [0.25, 0.3) is 10.1 Å². The molecule has 4 amide bonds. The van der Waals surface area contributed by atoms with Crippen molar-refractivity contribution in [1.29, 1.82) is 0 Å². The summed E-state index contributed by atoms with van der Waals surface area (Å²) in [5.74, 6) is -5.14. The van der Waals surface area contributed by atoms with E-state index in [4.69, 9.17) is 43.1 Å². The molecule has 28 heteroatoms. The van der Waals surface area contributed by atoms with E-state index in [-0.39, 0.29) is 140 Å². The number of methoxy groups -OCH3 is 1. The van der Waals surface area contributed by atoms with Gasteiger partial charge in [0.05, 0.1) is 78.7 Å². The summed E-state index contributed by atoms with van der Waals surface area (Å²) >= 11 is 0. The predicted molar refractivity (Wildman–Crippen MR) is 294 cm³/mol. The van der Waals surface area contributed by atoms with E-state index in [1.165, 1.54) is 45.6 Å². The Kier molecular flexibility index (Phi) is 48.9. The number of carbonyl (C=O) groups is 7. The number of aliphatic carboxylic acids is 1. The third-order valence-corrected chi connectivity index (χ3v) is 12.3. The average molecular weight is 1200 g/mol. The number of nitrogens with zero attached hydrogens (tertiary/aromatic N) is 1. The van der Waals surface area contributed by atoms with Gasteiger partial charge in [-0.15, -0.1) is 0 Å². The van der Waals surface area contributed by atoms with Gasteiger partial charge in [-0.05, 0) is 60.5 Å². The fourth-order valence-corrected chi connectivity index (χ4v) is 7.94. The number of halogens is 3. The summed E-state index contributed by atoms with van der Waals surface area (Å²) in [4.78, 5) is 83.0. The third kappa shape index (κ3) is 58.7. The number of ether oxygens (including phenoxy) is 8. The number of hydrogen-bond donors (Lipinski definition) is 6. The lowest BCUT2D eigenvalue weighted by Crippen LogP contribution is -2.42. The zero-order chi connectivity index (χ0) is 61.2. The Labute approximate surface area is 478 Å². The summed E-state index contributed by atoms with van der Waals surface area (Å²) in [6, 6.07) is -0.848. The van der Waals surface area contributed by atoms with Crippen LogP contribution in [-0.4, -0.2) is 214 Å². The number of likely N-dealkylation sites (N-methyl/N-ethyl adjacent to an activating group) is 1. The molecule has 0 saturated carbocycles. The summed E-state index contributed by atoms with van der Waals surface area (Å²) < 4.78 is 107. The highest BCUT2D eigenvalue weighted by Crippen LogP contribution is 2.16. The van der Waals surface area contributed by atoms with Crippen molar-refractivity contribution in [2.45, 2.75) is 173 Å². The van der Waals surface area contributed by atoms with Crippen LogP contribution in [0.2, 0.25) is 0 Å². The first kappa shape index (κ1) is 78.8. The number of alkyl halides is 3. The highest BCUT2D eigenvalue weighted by atomic mass is 32.2. The summed E-state index contributed by atoms with van der Waals surface area (Å²) in [7, 11) is 0.792. The molecule has 0 aromatic rings. The number of nitrogens with one attached hydrogen (secondary N) is 4. The molecule has 2 atom stereocenters. The molecule has 0 saturated heterocycles. The topological polar surface area (TPSA) is 319 Å². The van der Waals surface area contributed by atoms with Crippen LogP contribution in [0.4, 0.5) is 13.2 Å². The second-order valence-electron chi connectivity index (χ2n) is 20.2. The van der Waals surface area contributed by atoms with E-state index in [1.807, 2.05) is 39.8 Å². The van der Waals surface area contributed by atoms with Crippen molar-refractivity contribution >= 4 is 51.7 Å². The van der Waals surface area contributed by atoms with E-state index >= 15 is 0 Å². The van der Waals surface area contributed by atoms with Crippen LogP contribution in [0.5, 0.6) is 0 Å². The highest BCUT2D eigenvalue weighted by molar-refractivity contribution is 7.85. The number of unbranched alkanes of at least 4 members (excludes halogenated alkanes) is 13. The van der Waals surface area contributed by atoms with Crippen LogP contribution in [0.1, 0.15) is 149 Å². The SMILES string of the molecule is COC(=O)CCOCCOCCC(CNC(=O)COCCOCCNC(=O)COCCOCCNC(=O)CCC(CS(=O)(=O)O)NC(=O)CCCCCCCCCCCCCCCCC(=O)OC(C)(C)C)N(C)C.O=C(O)C(F)(F)F. The Balaban J connectivity index is 0. The number of rotatable bonds is 51. The predicted octanol–water partition coefficient (Wildman–Crippen LogP) is 4.69. The molecule has 0 spiro atoms. The molecule has 0 heterocycles. The summed E-state index contributed by atoms with van der Waals surface area (Å²) in [6.07, 6.45) is 11.7. The molecule has 0 aliphatic rings. The van der Waals surface area contributed by atoms with E-state index in [9.17, 15) is 54.9 Å². The number of esters is 2. The first-order valence-electron chi connectivity index (χ1n) is 28.0. The second-order valence-corrected chi connectivity index (χ2v) is 21.7. The number of hydrogen-bond acceptors (Lipinski definition) is 18. The van der Waals surface area contributed by atoms with Gasteiger partial charge in [0, 0.05) is 57.6 Å². The maximum atomic E-state index is 12.6. The van der Waals surface area contributed by atoms with Crippen molar-refractivity contribution in [3.05, 3.63) is 0 Å². The van der Waals surface area contributed by atoms with Crippen LogP contribution in [0, 0.1) is 0 Å². The van der Waals surface area contributed by atoms with Gasteiger partial charge in [0.2, 0.25) is 23.6 Å². The van der Waals surface area contributed by atoms with Gasteiger partial charge in [-0.2, -0.15) is 21.6 Å². The van der Waals surface area contributed by atoms with Gasteiger partial charge in [0.1, 0.15) is 18.8 Å². The van der Waals surface area contributed by atoms with Crippen molar-refractivity contribution < 1.29 is 103 Å². The number of carboxylic acid groups (broad SMARTS) is 1. The molecule has 81 heavy (non-hydrogen) atoms. The van der Waals surface area contributed by atoms with Gasteiger partial charge >= 0.3 is 24.1 Å². The third-order valence-electron chi connectivity index (χ3n) is 11.5. The lowest BCUT2D eigenvalue weighted by atomic mass is 10.0. The van der Waals surface area contributed by atoms with E-state index in [0.29, 0.717) is 45.6 Å². The fourth-order valence-electron chi connectivity index (χ4n) is 7.18. The number of carboxylic acids is 1. The molecule has 24 nitrogen and oxygen atoms in total. The first-order valence-corrected chi connectivity index (χ1v) is 29.6. The van der Waals surface area contributed by atoms with Crippen LogP contribution in [-0.2, 0) is 81.6 Å². The standard InChI is InChI=1S/C51H97N5O17S.C2HF3O2/c1-51(2,3)73-50(62)22-20-18-16-14-12-10-8-7-9-11-13-15-17-19-21-46(58)55-43(42-74(63,64)65)23-24-45(57)52-27-31-69-35-37-71-40-47(59)53-28-32-70-36-38-72-41-48(60)54-39-44(56(4)5)25-29-67-33-34-68-30-26-49(61)66-6;3-2(4,5)1(6)7/h43-44H,7-42H2,1-6H3,(H,52,57)(H,53,59)(H,54,60)(H,55,58)(H,63,64,65);(H,6,7). The smallest absolute Gasteiger partial charge is 0.475 e. The van der Waals surface area contributed by atoms with E-state index < -0.39 is 39.7 Å². The quantitative estimate of drug-likeness (QED) is 0.0273. The van der Waals surface area contributed by atoms with Crippen LogP contribution in [0.3, 0.4) is 0 Å². The molecule has 0 aliphatic heterocycles. The molecule has 476 valence electrons. The summed E-state index contributed by atoms with van der Waals surface area (Å²) in [6.45, 7) is 8.94. The van der Waals surface area contributed by atoms with Crippen molar-refractivity contribution in [1.82, 2.24) is 26.2 Å². The molecule has 0 rings (SSSR count). The molecule has 6 N–H and O–H groups in total. The summed E-state index contributed by atoms with van der Waals surface area (Å²) in [5, 5.41) is 18.0. The fraction of sp³-hybridized carbons (Fsp3) is 0.868. The molecular formula is C53H98F3N5O19S. The van der Waals surface area contributed by atoms with Gasteiger partial charge in [0.15, 0.2) is 0 Å². The Morgan fingerprint density at radius 1 is 0.519 bits per heavy atom. The van der Waals surface area contributed by atoms with Crippen molar-refractivity contribution in [2.75, 3.05) is 126 Å². The van der Waals surface area contributed by atoms with Crippen molar-refractivity contribution in [3.63, 3.8) is 0 Å². The number of amides is 4. The van der Waals surface area contributed by atoms with Gasteiger partial charge in [-0.3, -0.25) is 33.3 Å². The molecule has 2 unspecified atom stereocenters. The zero-order valence-electron chi connectivity index (χ0n) is 48.9. The minimum absolute atomic E-state index is 0.0322. The van der Waals surface area contributed by atoms with Gasteiger partial charge < -0.3 is 69.2 Å². The number of carbonyl (C=O) groups excluding carboxylic acids is 6. The first-order chi connectivity index (χ1) is 38.2. The second kappa shape index (κ2) is 50.2. The van der Waals surface area contributed by atoms with E-state index in [1.54, 1.807) is 0 Å². The van der Waals surface area contributed by atoms with Gasteiger partial charge in [-0.1, -0.05) is 77.0 Å². The minimum atomic E-state index is -5.08. The van der Waals surface area contributed by atoms with Crippen LogP contribution >= 0.6 is 0 Å². The van der Waals surface area contributed by atoms with E-state index in [2.05, 4.69) is 26.0 Å². The lowest BCUT2D eigenvalue weighted by Gasteiger charge is -2.24. The van der Waals surface area contributed by atoms with Crippen LogP contribution in [0.15, 0.2) is 0 Å². The molecule has 0 fully saturated rings. The van der Waals surface area contributed by atoms with Crippen molar-refractivity contribution in [2.24, 2.45) is 0 Å². The van der Waals surface area contributed by atoms with E-state index in [0.717, 1.165) is 44.9 Å². The monoisotopic (exact) mass is 1200 g/mol. The Hall–Kier alpha value is -4.29. The molecule has 0 aliphatic carbocycles. The lowest BCUT2D eigenvalue weighted by molar-refractivity contribution is -0.192. The summed E-state index contributed by atoms with van der Waals surface area (Å²) in [5.41, 5.74) is -0.420. The largest absolute Gasteiger partial charge is 0.490 e. The normalized spacial score (nSPS) is 12.4.